The molecule has 3 amide bonds. The van der Waals surface area contributed by atoms with E-state index in [-0.39, 0.29) is 18.2 Å². The van der Waals surface area contributed by atoms with Gasteiger partial charge in [0.05, 0.1) is 0 Å². The lowest BCUT2D eigenvalue weighted by Crippen LogP contribution is -2.60. The molecule has 1 aliphatic rings. The summed E-state index contributed by atoms with van der Waals surface area (Å²) >= 11 is 0. The highest BCUT2D eigenvalue weighted by Crippen LogP contribution is 2.21. The van der Waals surface area contributed by atoms with Crippen LogP contribution in [0.5, 0.6) is 0 Å². The van der Waals surface area contributed by atoms with Crippen LogP contribution in [0, 0.1) is 5.92 Å². The van der Waals surface area contributed by atoms with Crippen LogP contribution in [0.2, 0.25) is 0 Å². The second kappa shape index (κ2) is 14.3. The molecule has 1 unspecified atom stereocenters. The molecule has 3 N–H and O–H groups in total. The molecule has 8 heteroatoms. The number of nitrogens with zero attached hydrogens (tertiary/aromatic N) is 2. The van der Waals surface area contributed by atoms with Gasteiger partial charge in [-0.1, -0.05) is 58.3 Å². The van der Waals surface area contributed by atoms with Crippen LogP contribution in [-0.2, 0) is 9.59 Å². The van der Waals surface area contributed by atoms with E-state index in [1.807, 2.05) is 0 Å². The first-order valence-corrected chi connectivity index (χ1v) is 11.1. The third-order valence-electron chi connectivity index (χ3n) is 5.57. The van der Waals surface area contributed by atoms with Crippen molar-refractivity contribution in [3.63, 3.8) is 0 Å². The number of rotatable bonds is 13. The lowest BCUT2D eigenvalue weighted by atomic mass is 9.88. The molecule has 0 spiro atoms. The summed E-state index contributed by atoms with van der Waals surface area (Å²) in [7, 11) is 3.34. The Hall–Kier alpha value is -1.67. The lowest BCUT2D eigenvalue weighted by molar-refractivity contribution is -0.136. The molecule has 1 heterocycles. The molecule has 0 bridgehead atoms. The summed E-state index contributed by atoms with van der Waals surface area (Å²) in [6.07, 6.45) is 9.82. The Balaban J connectivity index is 2.63. The van der Waals surface area contributed by atoms with Gasteiger partial charge in [-0.3, -0.25) is 14.8 Å². The first-order chi connectivity index (χ1) is 13.9. The van der Waals surface area contributed by atoms with E-state index in [0.717, 1.165) is 19.3 Å². The Bertz CT molecular complexity index is 513. The molecule has 1 saturated heterocycles. The van der Waals surface area contributed by atoms with Crippen LogP contribution in [0.25, 0.3) is 0 Å². The number of unbranched alkanes of at least 4 members (excludes halogenated alkanes) is 7. The van der Waals surface area contributed by atoms with Crippen LogP contribution in [0.4, 0.5) is 4.79 Å². The number of hydrogen-bond donors (Lipinski definition) is 3. The highest BCUT2D eigenvalue weighted by Gasteiger charge is 2.36. The van der Waals surface area contributed by atoms with Crippen molar-refractivity contribution >= 4 is 17.7 Å². The molecular weight excluding hydrogens is 372 g/mol. The van der Waals surface area contributed by atoms with E-state index in [1.54, 1.807) is 24.5 Å². The molecule has 0 saturated carbocycles. The number of ketones is 1. The zero-order chi connectivity index (χ0) is 21.6. The number of piperazine rings is 1. The van der Waals surface area contributed by atoms with Gasteiger partial charge < -0.3 is 15.1 Å². The first-order valence-electron chi connectivity index (χ1n) is 11.1. The molecule has 0 aliphatic carbocycles. The van der Waals surface area contributed by atoms with Gasteiger partial charge in [-0.25, -0.2) is 10.3 Å². The molecule has 1 aliphatic heterocycles. The molecular formula is C21H40N4O4. The standard InChI is InChI=1S/C21H40N4O4/c1-4-5-6-7-8-9-10-11-12-17(15-19(26)23-29)20(27)18-16-22-13-14-25(18)21(28)24(2)3/h17-18,22,29H,4-16H2,1-3H3,(H,23,26)/t17?,18-/m0/s1. The van der Waals surface area contributed by atoms with Gasteiger partial charge in [0.2, 0.25) is 5.91 Å². The molecule has 8 nitrogen and oxygen atoms in total. The normalized spacial score (nSPS) is 17.7. The van der Waals surface area contributed by atoms with Crippen molar-refractivity contribution < 1.29 is 19.6 Å². The van der Waals surface area contributed by atoms with Crippen LogP contribution >= 0.6 is 0 Å². The lowest BCUT2D eigenvalue weighted by Gasteiger charge is -2.38. The monoisotopic (exact) mass is 412 g/mol. The number of nitrogens with one attached hydrogen (secondary N) is 2. The number of Topliss-reactive ketones (excluding diaryl/α,β-unsaturated/α-hetero) is 1. The first kappa shape index (κ1) is 25.4. The average Bonchev–Trinajstić information content (AvgIpc) is 2.73. The van der Waals surface area contributed by atoms with Gasteiger partial charge in [-0.05, 0) is 6.42 Å². The number of urea groups is 1. The van der Waals surface area contributed by atoms with Gasteiger partial charge >= 0.3 is 6.03 Å². The van der Waals surface area contributed by atoms with Gasteiger partial charge in [0, 0.05) is 46.1 Å². The Morgan fingerprint density at radius 3 is 2.31 bits per heavy atom. The van der Waals surface area contributed by atoms with Crippen molar-refractivity contribution in [3.8, 4) is 0 Å². The second-order valence-electron chi connectivity index (χ2n) is 8.19. The Kier molecular flexibility index (Phi) is 12.5. The highest BCUT2D eigenvalue weighted by atomic mass is 16.5. The molecule has 1 fully saturated rings. The zero-order valence-electron chi connectivity index (χ0n) is 18.4. The molecule has 0 radical (unpaired) electrons. The largest absolute Gasteiger partial charge is 0.331 e. The van der Waals surface area contributed by atoms with Crippen LogP contribution in [0.3, 0.4) is 0 Å². The summed E-state index contributed by atoms with van der Waals surface area (Å²) in [5, 5.41) is 12.1. The van der Waals surface area contributed by atoms with Crippen molar-refractivity contribution in [1.82, 2.24) is 20.6 Å². The van der Waals surface area contributed by atoms with Gasteiger partial charge in [-0.2, -0.15) is 0 Å². The summed E-state index contributed by atoms with van der Waals surface area (Å²) in [6, 6.07) is -0.772. The van der Waals surface area contributed by atoms with Gasteiger partial charge in [-0.15, -0.1) is 0 Å². The van der Waals surface area contributed by atoms with Crippen LogP contribution in [-0.4, -0.2) is 72.5 Å². The number of carbonyl (C=O) groups excluding carboxylic acids is 3. The van der Waals surface area contributed by atoms with Crippen LogP contribution < -0.4 is 10.8 Å². The summed E-state index contributed by atoms with van der Waals surface area (Å²) in [5.74, 6) is -1.15. The Labute approximate surface area is 175 Å². The minimum atomic E-state index is -0.579. The smallest absolute Gasteiger partial charge is 0.320 e. The maximum absolute atomic E-state index is 13.2. The predicted octanol–water partition coefficient (Wildman–Crippen LogP) is 2.55. The summed E-state index contributed by atoms with van der Waals surface area (Å²) < 4.78 is 0. The minimum absolute atomic E-state index is 0.0493. The van der Waals surface area contributed by atoms with Gasteiger partial charge in [0.25, 0.3) is 0 Å². The van der Waals surface area contributed by atoms with E-state index >= 15 is 0 Å². The van der Waals surface area contributed by atoms with E-state index in [9.17, 15) is 14.4 Å². The van der Waals surface area contributed by atoms with Crippen molar-refractivity contribution in [3.05, 3.63) is 0 Å². The summed E-state index contributed by atoms with van der Waals surface area (Å²) in [4.78, 5) is 40.5. The number of carbonyl (C=O) groups is 3. The minimum Gasteiger partial charge on any atom is -0.331 e. The van der Waals surface area contributed by atoms with E-state index in [1.165, 1.54) is 37.0 Å². The van der Waals surface area contributed by atoms with E-state index in [4.69, 9.17) is 5.21 Å². The zero-order valence-corrected chi connectivity index (χ0v) is 18.4. The molecule has 0 aromatic carbocycles. The SMILES string of the molecule is CCCCCCCCCCC(CC(=O)NO)C(=O)[C@@H]1CNCCN1C(=O)N(C)C. The molecule has 29 heavy (non-hydrogen) atoms. The molecule has 2 atom stereocenters. The summed E-state index contributed by atoms with van der Waals surface area (Å²) in [6.45, 7) is 3.70. The second-order valence-corrected chi connectivity index (χ2v) is 8.19. The number of hydroxylamine groups is 1. The van der Waals surface area contributed by atoms with Crippen LogP contribution in [0.1, 0.15) is 71.1 Å². The summed E-state index contributed by atoms with van der Waals surface area (Å²) in [5.41, 5.74) is 1.64. The fourth-order valence-electron chi connectivity index (χ4n) is 3.86. The third-order valence-corrected chi connectivity index (χ3v) is 5.57. The highest BCUT2D eigenvalue weighted by molar-refractivity contribution is 5.93. The molecule has 0 aromatic heterocycles. The molecule has 168 valence electrons. The fraction of sp³-hybridized carbons (Fsp3) is 0.857. The van der Waals surface area contributed by atoms with Crippen molar-refractivity contribution in [1.29, 1.82) is 0 Å². The van der Waals surface area contributed by atoms with Crippen molar-refractivity contribution in [2.75, 3.05) is 33.7 Å². The van der Waals surface area contributed by atoms with Crippen molar-refractivity contribution in [2.45, 2.75) is 77.2 Å². The van der Waals surface area contributed by atoms with Gasteiger partial charge in [0.15, 0.2) is 5.78 Å². The third kappa shape index (κ3) is 9.12. The Morgan fingerprint density at radius 1 is 1.10 bits per heavy atom. The fourth-order valence-corrected chi connectivity index (χ4v) is 3.86. The maximum atomic E-state index is 13.2. The van der Waals surface area contributed by atoms with E-state index < -0.39 is 17.9 Å². The van der Waals surface area contributed by atoms with E-state index in [0.29, 0.717) is 26.1 Å². The number of hydrogen-bond acceptors (Lipinski definition) is 5. The topological polar surface area (TPSA) is 102 Å². The molecule has 1 rings (SSSR count). The molecule has 0 aromatic rings. The van der Waals surface area contributed by atoms with E-state index in [2.05, 4.69) is 12.2 Å². The maximum Gasteiger partial charge on any atom is 0.320 e. The van der Waals surface area contributed by atoms with Crippen LogP contribution in [0.15, 0.2) is 0 Å². The van der Waals surface area contributed by atoms with Gasteiger partial charge in [0.1, 0.15) is 6.04 Å². The quantitative estimate of drug-likeness (QED) is 0.245. The Morgan fingerprint density at radius 2 is 1.72 bits per heavy atom. The average molecular weight is 413 g/mol. The van der Waals surface area contributed by atoms with Crippen molar-refractivity contribution in [2.24, 2.45) is 5.92 Å². The number of amides is 3. The predicted molar refractivity (Wildman–Crippen MR) is 113 cm³/mol.